The van der Waals surface area contributed by atoms with Crippen molar-refractivity contribution in [2.24, 2.45) is 0 Å². The monoisotopic (exact) mass is 357 g/mol. The number of rotatable bonds is 6. The molecule has 2 aromatic heterocycles. The van der Waals surface area contributed by atoms with Gasteiger partial charge in [0.1, 0.15) is 0 Å². The van der Waals surface area contributed by atoms with Gasteiger partial charge < -0.3 is 9.57 Å². The highest BCUT2D eigenvalue weighted by atomic mass is 16.7. The van der Waals surface area contributed by atoms with E-state index in [0.29, 0.717) is 24.3 Å². The molecule has 0 amide bonds. The fourth-order valence-electron chi connectivity index (χ4n) is 2.16. The molecule has 3 rings (SSSR count). The maximum atomic E-state index is 11.7. The summed E-state index contributed by atoms with van der Waals surface area (Å²) in [5.41, 5.74) is 4.65. The van der Waals surface area contributed by atoms with E-state index in [1.165, 1.54) is 6.92 Å². The molecule has 0 spiro atoms. The number of benzene rings is 1. The van der Waals surface area contributed by atoms with Gasteiger partial charge in [-0.25, -0.2) is 14.4 Å². The summed E-state index contributed by atoms with van der Waals surface area (Å²) in [7, 11) is 0. The minimum absolute atomic E-state index is 0.182. The number of ether oxygens (including phenoxy) is 1. The van der Waals surface area contributed by atoms with Crippen LogP contribution in [0.4, 0.5) is 5.82 Å². The normalized spacial score (nSPS) is 10.5. The SMILES string of the molecule is CCOC(=O)c1ccc(Cc2nc3nonc3nc2NOC(C)=O)cc1. The summed E-state index contributed by atoms with van der Waals surface area (Å²) in [6.07, 6.45) is 0.350. The molecule has 10 nitrogen and oxygen atoms in total. The molecular weight excluding hydrogens is 342 g/mol. The van der Waals surface area contributed by atoms with Gasteiger partial charge in [-0.15, -0.1) is 0 Å². The number of anilines is 1. The third-order valence-electron chi connectivity index (χ3n) is 3.31. The van der Waals surface area contributed by atoms with Gasteiger partial charge in [-0.3, -0.25) is 4.79 Å². The van der Waals surface area contributed by atoms with E-state index in [4.69, 9.17) is 9.57 Å². The molecular formula is C16H15N5O5. The number of aromatic nitrogens is 4. The van der Waals surface area contributed by atoms with Gasteiger partial charge in [0.2, 0.25) is 11.3 Å². The van der Waals surface area contributed by atoms with Crippen LogP contribution in [-0.2, 0) is 20.8 Å². The number of hydrogen-bond donors (Lipinski definition) is 1. The minimum Gasteiger partial charge on any atom is -0.462 e. The zero-order chi connectivity index (χ0) is 18.5. The quantitative estimate of drug-likeness (QED) is 0.513. The summed E-state index contributed by atoms with van der Waals surface area (Å²) in [5, 5.41) is 7.27. The predicted octanol–water partition coefficient (Wildman–Crippen LogP) is 1.67. The summed E-state index contributed by atoms with van der Waals surface area (Å²) in [6, 6.07) is 6.87. The Morgan fingerprint density at radius 3 is 2.46 bits per heavy atom. The average Bonchev–Trinajstić information content (AvgIpc) is 3.07. The van der Waals surface area contributed by atoms with Crippen molar-refractivity contribution in [2.45, 2.75) is 20.3 Å². The lowest BCUT2D eigenvalue weighted by Gasteiger charge is -2.09. The molecule has 0 aliphatic heterocycles. The Kier molecular flexibility index (Phi) is 5.02. The van der Waals surface area contributed by atoms with Crippen LogP contribution >= 0.6 is 0 Å². The fraction of sp³-hybridized carbons (Fsp3) is 0.250. The number of fused-ring (bicyclic) bond motifs is 1. The number of carbonyl (C=O) groups excluding carboxylic acids is 2. The number of carbonyl (C=O) groups is 2. The molecule has 1 N–H and O–H groups in total. The third kappa shape index (κ3) is 3.91. The molecule has 0 atom stereocenters. The molecule has 0 saturated carbocycles. The molecule has 0 fully saturated rings. The second-order valence-electron chi connectivity index (χ2n) is 5.22. The highest BCUT2D eigenvalue weighted by Gasteiger charge is 2.15. The highest BCUT2D eigenvalue weighted by molar-refractivity contribution is 5.89. The largest absolute Gasteiger partial charge is 0.462 e. The first-order chi connectivity index (χ1) is 12.6. The van der Waals surface area contributed by atoms with Crippen molar-refractivity contribution in [3.8, 4) is 0 Å². The molecule has 0 saturated heterocycles. The van der Waals surface area contributed by atoms with Gasteiger partial charge in [0.15, 0.2) is 5.82 Å². The third-order valence-corrected chi connectivity index (χ3v) is 3.31. The van der Waals surface area contributed by atoms with Crippen molar-refractivity contribution in [3.63, 3.8) is 0 Å². The zero-order valence-electron chi connectivity index (χ0n) is 14.1. The maximum Gasteiger partial charge on any atom is 0.338 e. The van der Waals surface area contributed by atoms with E-state index in [-0.39, 0.29) is 23.1 Å². The standard InChI is InChI=1S/C16H15N5O5/c1-3-24-16(23)11-6-4-10(5-7-11)8-12-13(19-25-9(2)22)18-15-14(17-12)20-26-21-15/h4-7H,3,8H2,1-2H3,(H,18,19,21). The molecule has 1 aromatic carbocycles. The Balaban J connectivity index is 1.85. The van der Waals surface area contributed by atoms with Gasteiger partial charge in [0, 0.05) is 13.3 Å². The van der Waals surface area contributed by atoms with Crippen LogP contribution in [0.15, 0.2) is 28.9 Å². The number of nitrogens with one attached hydrogen (secondary N) is 1. The van der Waals surface area contributed by atoms with Crippen LogP contribution in [0.5, 0.6) is 0 Å². The predicted molar refractivity (Wildman–Crippen MR) is 88.0 cm³/mol. The van der Waals surface area contributed by atoms with Crippen molar-refractivity contribution in [2.75, 3.05) is 12.1 Å². The first-order valence-corrected chi connectivity index (χ1v) is 7.75. The fourth-order valence-corrected chi connectivity index (χ4v) is 2.16. The van der Waals surface area contributed by atoms with E-state index in [1.54, 1.807) is 31.2 Å². The lowest BCUT2D eigenvalue weighted by Crippen LogP contribution is -2.11. The van der Waals surface area contributed by atoms with E-state index < -0.39 is 5.97 Å². The number of nitrogens with zero attached hydrogens (tertiary/aromatic N) is 4. The number of hydrogen-bond acceptors (Lipinski definition) is 10. The van der Waals surface area contributed by atoms with Gasteiger partial charge in [-0.1, -0.05) is 12.1 Å². The average molecular weight is 357 g/mol. The Labute approximate surface area is 147 Å². The van der Waals surface area contributed by atoms with E-state index in [1.807, 2.05) is 0 Å². The van der Waals surface area contributed by atoms with Gasteiger partial charge in [-0.05, 0) is 34.9 Å². The summed E-state index contributed by atoms with van der Waals surface area (Å²) < 4.78 is 9.56. The second kappa shape index (κ2) is 7.55. The Bertz CT molecular complexity index is 938. The summed E-state index contributed by atoms with van der Waals surface area (Å²) >= 11 is 0. The van der Waals surface area contributed by atoms with Crippen molar-refractivity contribution in [1.82, 2.24) is 20.3 Å². The smallest absolute Gasteiger partial charge is 0.338 e. The molecule has 134 valence electrons. The van der Waals surface area contributed by atoms with Crippen LogP contribution in [0.2, 0.25) is 0 Å². The topological polar surface area (TPSA) is 129 Å². The summed E-state index contributed by atoms with van der Waals surface area (Å²) in [5.74, 6) is -0.695. The van der Waals surface area contributed by atoms with Crippen LogP contribution in [-0.4, -0.2) is 38.8 Å². The molecule has 0 unspecified atom stereocenters. The van der Waals surface area contributed by atoms with Gasteiger partial charge in [0.05, 0.1) is 17.9 Å². The molecule has 2 heterocycles. The Hall–Kier alpha value is -3.56. The van der Waals surface area contributed by atoms with E-state index in [0.717, 1.165) is 5.56 Å². The van der Waals surface area contributed by atoms with Crippen molar-refractivity contribution < 1.29 is 23.8 Å². The zero-order valence-corrected chi connectivity index (χ0v) is 14.1. The van der Waals surface area contributed by atoms with Crippen LogP contribution in [0.25, 0.3) is 11.3 Å². The molecule has 10 heteroatoms. The van der Waals surface area contributed by atoms with E-state index in [9.17, 15) is 9.59 Å². The van der Waals surface area contributed by atoms with Gasteiger partial charge in [-0.2, -0.15) is 10.5 Å². The maximum absolute atomic E-state index is 11.7. The first-order valence-electron chi connectivity index (χ1n) is 7.75. The van der Waals surface area contributed by atoms with Crippen molar-refractivity contribution >= 4 is 29.1 Å². The summed E-state index contributed by atoms with van der Waals surface area (Å²) in [4.78, 5) is 36.0. The molecule has 0 aliphatic rings. The molecule has 3 aromatic rings. The van der Waals surface area contributed by atoms with Gasteiger partial charge >= 0.3 is 11.9 Å². The minimum atomic E-state index is -0.532. The Morgan fingerprint density at radius 1 is 1.12 bits per heavy atom. The first kappa shape index (κ1) is 17.3. The van der Waals surface area contributed by atoms with Crippen LogP contribution < -0.4 is 5.48 Å². The highest BCUT2D eigenvalue weighted by Crippen LogP contribution is 2.19. The van der Waals surface area contributed by atoms with Gasteiger partial charge in [0.25, 0.3) is 0 Å². The van der Waals surface area contributed by atoms with E-state index in [2.05, 4.69) is 30.4 Å². The molecule has 0 bridgehead atoms. The lowest BCUT2D eigenvalue weighted by atomic mass is 10.1. The van der Waals surface area contributed by atoms with Crippen molar-refractivity contribution in [3.05, 3.63) is 41.1 Å². The Morgan fingerprint density at radius 2 is 1.81 bits per heavy atom. The van der Waals surface area contributed by atoms with Crippen molar-refractivity contribution in [1.29, 1.82) is 0 Å². The van der Waals surface area contributed by atoms with Crippen LogP contribution in [0.3, 0.4) is 0 Å². The van der Waals surface area contributed by atoms with Crippen LogP contribution in [0, 0.1) is 0 Å². The summed E-state index contributed by atoms with van der Waals surface area (Å²) in [6.45, 7) is 3.31. The van der Waals surface area contributed by atoms with Crippen LogP contribution in [0.1, 0.15) is 35.5 Å². The van der Waals surface area contributed by atoms with E-state index >= 15 is 0 Å². The second-order valence-corrected chi connectivity index (χ2v) is 5.22. The molecule has 0 aliphatic carbocycles. The lowest BCUT2D eigenvalue weighted by molar-refractivity contribution is -0.138. The number of esters is 1. The molecule has 26 heavy (non-hydrogen) atoms. The molecule has 0 radical (unpaired) electrons.